The molecule has 0 spiro atoms. The van der Waals surface area contributed by atoms with Crippen molar-refractivity contribution in [2.24, 2.45) is 5.73 Å². The molecule has 3 N–H and O–H groups in total. The number of likely N-dealkylation sites (tertiary alicyclic amines) is 1. The zero-order chi connectivity index (χ0) is 15.9. The predicted octanol–water partition coefficient (Wildman–Crippen LogP) is 2.89. The summed E-state index contributed by atoms with van der Waals surface area (Å²) in [5, 5.41) is 3.82. The number of aryl methyl sites for hydroxylation is 1. The SMILES string of the molecule is Cc1ccc(CN2CCCCC2CNC(=O)CCN)cc1Cl.Cl. The average molecular weight is 360 g/mol. The molecule has 1 aliphatic rings. The van der Waals surface area contributed by atoms with Crippen LogP contribution in [0.15, 0.2) is 18.2 Å². The van der Waals surface area contributed by atoms with E-state index in [9.17, 15) is 4.79 Å². The van der Waals surface area contributed by atoms with E-state index in [1.165, 1.54) is 18.4 Å². The van der Waals surface area contributed by atoms with Gasteiger partial charge in [-0.05, 0) is 43.5 Å². The van der Waals surface area contributed by atoms with Crippen LogP contribution in [0.2, 0.25) is 5.02 Å². The summed E-state index contributed by atoms with van der Waals surface area (Å²) in [6, 6.07) is 6.66. The highest BCUT2D eigenvalue weighted by molar-refractivity contribution is 6.31. The van der Waals surface area contributed by atoms with E-state index in [0.29, 0.717) is 25.6 Å². The second kappa shape index (κ2) is 10.1. The number of amides is 1. The van der Waals surface area contributed by atoms with Crippen LogP contribution in [0.3, 0.4) is 0 Å². The number of carbonyl (C=O) groups excluding carboxylic acids is 1. The maximum absolute atomic E-state index is 11.6. The topological polar surface area (TPSA) is 58.4 Å². The Morgan fingerprint density at radius 2 is 2.22 bits per heavy atom. The van der Waals surface area contributed by atoms with Gasteiger partial charge in [0.1, 0.15) is 0 Å². The number of rotatable bonds is 6. The standard InChI is InChI=1S/C17H26ClN3O.ClH/c1-13-5-6-14(10-16(13)18)12-21-9-3-2-4-15(21)11-20-17(22)7-8-19;/h5-6,10,15H,2-4,7-9,11-12,19H2,1H3,(H,20,22);1H. The molecule has 0 aliphatic carbocycles. The lowest BCUT2D eigenvalue weighted by Gasteiger charge is -2.36. The number of carbonyl (C=O) groups is 1. The second-order valence-electron chi connectivity index (χ2n) is 6.05. The van der Waals surface area contributed by atoms with Gasteiger partial charge < -0.3 is 11.1 Å². The van der Waals surface area contributed by atoms with Gasteiger partial charge in [-0.2, -0.15) is 0 Å². The largest absolute Gasteiger partial charge is 0.354 e. The molecule has 1 unspecified atom stereocenters. The molecule has 1 saturated heterocycles. The summed E-state index contributed by atoms with van der Waals surface area (Å²) in [7, 11) is 0. The van der Waals surface area contributed by atoms with Crippen LogP contribution in [-0.4, -0.2) is 36.5 Å². The third-order valence-corrected chi connectivity index (χ3v) is 4.68. The summed E-state index contributed by atoms with van der Waals surface area (Å²) in [5.74, 6) is 0.0476. The first-order chi connectivity index (χ1) is 10.6. The quantitative estimate of drug-likeness (QED) is 0.820. The third kappa shape index (κ3) is 6.30. The number of nitrogens with two attached hydrogens (primary N) is 1. The number of nitrogens with zero attached hydrogens (tertiary/aromatic N) is 1. The van der Waals surface area contributed by atoms with E-state index in [1.54, 1.807) is 0 Å². The highest BCUT2D eigenvalue weighted by Gasteiger charge is 2.22. The molecule has 0 bridgehead atoms. The molecular weight excluding hydrogens is 333 g/mol. The van der Waals surface area contributed by atoms with Crippen molar-refractivity contribution < 1.29 is 4.79 Å². The summed E-state index contributed by atoms with van der Waals surface area (Å²) in [4.78, 5) is 14.1. The minimum absolute atomic E-state index is 0. The Kier molecular flexibility index (Phi) is 8.92. The van der Waals surface area contributed by atoms with Crippen LogP contribution in [0, 0.1) is 6.92 Å². The number of nitrogens with one attached hydrogen (secondary N) is 1. The summed E-state index contributed by atoms with van der Waals surface area (Å²) in [5.41, 5.74) is 7.75. The minimum atomic E-state index is 0. The molecule has 2 rings (SSSR count). The summed E-state index contributed by atoms with van der Waals surface area (Å²) in [6.45, 7) is 5.09. The molecule has 23 heavy (non-hydrogen) atoms. The first kappa shape index (κ1) is 20.2. The molecule has 1 atom stereocenters. The molecule has 130 valence electrons. The van der Waals surface area contributed by atoms with Gasteiger partial charge in [-0.15, -0.1) is 12.4 Å². The smallest absolute Gasteiger partial charge is 0.221 e. The van der Waals surface area contributed by atoms with Crippen molar-refractivity contribution in [2.45, 2.75) is 45.2 Å². The summed E-state index contributed by atoms with van der Waals surface area (Å²) in [6.07, 6.45) is 3.97. The molecule has 1 aromatic rings. The number of halogens is 2. The molecule has 1 amide bonds. The molecule has 0 saturated carbocycles. The van der Waals surface area contributed by atoms with Crippen LogP contribution in [0.4, 0.5) is 0 Å². The van der Waals surface area contributed by atoms with Gasteiger partial charge in [-0.25, -0.2) is 0 Å². The molecule has 1 fully saturated rings. The summed E-state index contributed by atoms with van der Waals surface area (Å²) < 4.78 is 0. The molecule has 4 nitrogen and oxygen atoms in total. The Morgan fingerprint density at radius 3 is 2.91 bits per heavy atom. The van der Waals surface area contributed by atoms with E-state index >= 15 is 0 Å². The molecule has 0 radical (unpaired) electrons. The van der Waals surface area contributed by atoms with Crippen LogP contribution >= 0.6 is 24.0 Å². The number of hydrogen-bond donors (Lipinski definition) is 2. The minimum Gasteiger partial charge on any atom is -0.354 e. The van der Waals surface area contributed by atoms with Crippen molar-refractivity contribution in [3.8, 4) is 0 Å². The van der Waals surface area contributed by atoms with E-state index in [-0.39, 0.29) is 18.3 Å². The van der Waals surface area contributed by atoms with Crippen LogP contribution < -0.4 is 11.1 Å². The Balaban J connectivity index is 0.00000264. The number of hydrogen-bond acceptors (Lipinski definition) is 3. The maximum atomic E-state index is 11.6. The zero-order valence-corrected chi connectivity index (χ0v) is 15.3. The number of benzene rings is 1. The van der Waals surface area contributed by atoms with Gasteiger partial charge in [0.2, 0.25) is 5.91 Å². The van der Waals surface area contributed by atoms with Gasteiger partial charge >= 0.3 is 0 Å². The van der Waals surface area contributed by atoms with Crippen molar-refractivity contribution >= 4 is 29.9 Å². The molecule has 6 heteroatoms. The molecule has 1 aromatic carbocycles. The van der Waals surface area contributed by atoms with Gasteiger partial charge in [0, 0.05) is 37.1 Å². The highest BCUT2D eigenvalue weighted by Crippen LogP contribution is 2.22. The van der Waals surface area contributed by atoms with Gasteiger partial charge in [-0.1, -0.05) is 30.2 Å². The lowest BCUT2D eigenvalue weighted by atomic mass is 10.0. The highest BCUT2D eigenvalue weighted by atomic mass is 35.5. The van der Waals surface area contributed by atoms with Gasteiger partial charge in [-0.3, -0.25) is 9.69 Å². The Hall–Kier alpha value is -0.810. The fourth-order valence-electron chi connectivity index (χ4n) is 2.92. The molecular formula is C17H27Cl2N3O. The predicted molar refractivity (Wildman–Crippen MR) is 98.2 cm³/mol. The van der Waals surface area contributed by atoms with Gasteiger partial charge in [0.25, 0.3) is 0 Å². The van der Waals surface area contributed by atoms with Crippen molar-refractivity contribution in [1.82, 2.24) is 10.2 Å². The fraction of sp³-hybridized carbons (Fsp3) is 0.588. The summed E-state index contributed by atoms with van der Waals surface area (Å²) >= 11 is 6.22. The van der Waals surface area contributed by atoms with E-state index in [0.717, 1.165) is 30.1 Å². The van der Waals surface area contributed by atoms with Crippen molar-refractivity contribution in [3.63, 3.8) is 0 Å². The average Bonchev–Trinajstić information content (AvgIpc) is 2.50. The van der Waals surface area contributed by atoms with Gasteiger partial charge in [0.05, 0.1) is 0 Å². The van der Waals surface area contributed by atoms with Crippen LogP contribution in [0.5, 0.6) is 0 Å². The van der Waals surface area contributed by atoms with Gasteiger partial charge in [0.15, 0.2) is 0 Å². The number of piperidine rings is 1. The second-order valence-corrected chi connectivity index (χ2v) is 6.45. The third-order valence-electron chi connectivity index (χ3n) is 4.28. The Labute approximate surface area is 150 Å². The van der Waals surface area contributed by atoms with Crippen LogP contribution in [0.25, 0.3) is 0 Å². The lowest BCUT2D eigenvalue weighted by Crippen LogP contribution is -2.46. The Bertz CT molecular complexity index is 511. The van der Waals surface area contributed by atoms with E-state index in [4.69, 9.17) is 17.3 Å². The molecule has 1 aliphatic heterocycles. The normalized spacial score (nSPS) is 18.3. The molecule has 1 heterocycles. The Morgan fingerprint density at radius 1 is 1.43 bits per heavy atom. The van der Waals surface area contributed by atoms with Crippen molar-refractivity contribution in [1.29, 1.82) is 0 Å². The van der Waals surface area contributed by atoms with E-state index < -0.39 is 0 Å². The van der Waals surface area contributed by atoms with E-state index in [2.05, 4.69) is 28.4 Å². The van der Waals surface area contributed by atoms with Crippen LogP contribution in [0.1, 0.15) is 36.8 Å². The van der Waals surface area contributed by atoms with E-state index in [1.807, 2.05) is 6.92 Å². The fourth-order valence-corrected chi connectivity index (χ4v) is 3.12. The van der Waals surface area contributed by atoms with Crippen molar-refractivity contribution in [2.75, 3.05) is 19.6 Å². The first-order valence-corrected chi connectivity index (χ1v) is 8.44. The van der Waals surface area contributed by atoms with Crippen molar-refractivity contribution in [3.05, 3.63) is 34.3 Å². The van der Waals surface area contributed by atoms with Crippen LogP contribution in [-0.2, 0) is 11.3 Å². The first-order valence-electron chi connectivity index (χ1n) is 8.06. The maximum Gasteiger partial charge on any atom is 0.221 e. The molecule has 0 aromatic heterocycles. The zero-order valence-electron chi connectivity index (χ0n) is 13.7. The monoisotopic (exact) mass is 359 g/mol. The lowest BCUT2D eigenvalue weighted by molar-refractivity contribution is -0.121.